The van der Waals surface area contributed by atoms with E-state index in [1.165, 1.54) is 0 Å². The van der Waals surface area contributed by atoms with Gasteiger partial charge in [-0.25, -0.2) is 0 Å². The molecule has 1 aromatic rings. The summed E-state index contributed by atoms with van der Waals surface area (Å²) >= 11 is 3.34. The van der Waals surface area contributed by atoms with E-state index in [0.29, 0.717) is 6.54 Å². The Morgan fingerprint density at radius 3 is 2.64 bits per heavy atom. The van der Waals surface area contributed by atoms with Crippen LogP contribution in [0.3, 0.4) is 0 Å². The molecule has 0 bridgehead atoms. The number of carbonyl (C=O) groups excluding carboxylic acids is 1. The maximum atomic E-state index is 11.0. The molecule has 2 nitrogen and oxygen atoms in total. The molecule has 1 rings (SSSR count). The highest BCUT2D eigenvalue weighted by Gasteiger charge is 1.95. The van der Waals surface area contributed by atoms with Crippen molar-refractivity contribution in [3.8, 4) is 11.8 Å². The Kier molecular flexibility index (Phi) is 4.21. The topological polar surface area (TPSA) is 29.1 Å². The van der Waals surface area contributed by atoms with Crippen LogP contribution in [0.25, 0.3) is 0 Å². The van der Waals surface area contributed by atoms with Crippen LogP contribution < -0.4 is 5.32 Å². The van der Waals surface area contributed by atoms with E-state index in [1.54, 1.807) is 6.92 Å². The number of nitrogens with one attached hydrogen (secondary N) is 1. The third-order valence-electron chi connectivity index (χ3n) is 1.60. The smallest absolute Gasteiger partial charge is 0.296 e. The highest BCUT2D eigenvalue weighted by Crippen LogP contribution is 2.09. The van der Waals surface area contributed by atoms with Gasteiger partial charge in [0.15, 0.2) is 0 Å². The van der Waals surface area contributed by atoms with Crippen molar-refractivity contribution in [2.24, 2.45) is 0 Å². The van der Waals surface area contributed by atoms with E-state index >= 15 is 0 Å². The van der Waals surface area contributed by atoms with Crippen LogP contribution in [-0.2, 0) is 11.3 Å². The van der Waals surface area contributed by atoms with Crippen molar-refractivity contribution in [3.63, 3.8) is 0 Å². The van der Waals surface area contributed by atoms with Crippen molar-refractivity contribution in [1.82, 2.24) is 5.32 Å². The SMILES string of the molecule is CC#CC(=O)NCc1ccc(Br)cc1. The minimum atomic E-state index is -0.240. The fourth-order valence-electron chi connectivity index (χ4n) is 0.942. The van der Waals surface area contributed by atoms with Gasteiger partial charge in [-0.1, -0.05) is 34.0 Å². The molecule has 0 saturated carbocycles. The molecule has 0 spiro atoms. The second-order valence-corrected chi connectivity index (χ2v) is 3.60. The number of halogens is 1. The molecule has 0 aliphatic carbocycles. The van der Waals surface area contributed by atoms with Crippen molar-refractivity contribution >= 4 is 21.8 Å². The molecule has 1 N–H and O–H groups in total. The second-order valence-electron chi connectivity index (χ2n) is 2.68. The minimum Gasteiger partial charge on any atom is -0.341 e. The van der Waals surface area contributed by atoms with Gasteiger partial charge in [0.25, 0.3) is 5.91 Å². The van der Waals surface area contributed by atoms with E-state index < -0.39 is 0 Å². The Labute approximate surface area is 91.8 Å². The van der Waals surface area contributed by atoms with Gasteiger partial charge >= 0.3 is 0 Å². The van der Waals surface area contributed by atoms with E-state index in [-0.39, 0.29) is 5.91 Å². The molecular formula is C11H10BrNO. The van der Waals surface area contributed by atoms with Gasteiger partial charge in [-0.15, -0.1) is 0 Å². The Morgan fingerprint density at radius 2 is 2.07 bits per heavy atom. The first-order chi connectivity index (χ1) is 6.72. The summed E-state index contributed by atoms with van der Waals surface area (Å²) in [5, 5.41) is 2.69. The Balaban J connectivity index is 2.48. The van der Waals surface area contributed by atoms with Gasteiger partial charge in [0.1, 0.15) is 0 Å². The van der Waals surface area contributed by atoms with Crippen LogP contribution in [0.5, 0.6) is 0 Å². The lowest BCUT2D eigenvalue weighted by Gasteiger charge is -2.01. The van der Waals surface area contributed by atoms with E-state index in [1.807, 2.05) is 24.3 Å². The van der Waals surface area contributed by atoms with Crippen LogP contribution in [0.1, 0.15) is 12.5 Å². The van der Waals surface area contributed by atoms with E-state index in [2.05, 4.69) is 33.1 Å². The molecule has 0 saturated heterocycles. The summed E-state index contributed by atoms with van der Waals surface area (Å²) in [5.41, 5.74) is 1.06. The average Bonchev–Trinajstić information content (AvgIpc) is 2.17. The lowest BCUT2D eigenvalue weighted by molar-refractivity contribution is -0.115. The molecule has 0 unspecified atom stereocenters. The Hall–Kier alpha value is -1.27. The average molecular weight is 252 g/mol. The largest absolute Gasteiger partial charge is 0.341 e. The van der Waals surface area contributed by atoms with Crippen LogP contribution >= 0.6 is 15.9 Å². The van der Waals surface area contributed by atoms with Gasteiger partial charge in [-0.2, -0.15) is 0 Å². The Bertz CT molecular complexity index is 373. The maximum Gasteiger partial charge on any atom is 0.296 e. The van der Waals surface area contributed by atoms with Crippen molar-refractivity contribution < 1.29 is 4.79 Å². The number of hydrogen-bond acceptors (Lipinski definition) is 1. The lowest BCUT2D eigenvalue weighted by Crippen LogP contribution is -2.20. The van der Waals surface area contributed by atoms with Crippen LogP contribution in [0.4, 0.5) is 0 Å². The summed E-state index contributed by atoms with van der Waals surface area (Å²) in [6, 6.07) is 7.77. The van der Waals surface area contributed by atoms with E-state index in [9.17, 15) is 4.79 Å². The van der Waals surface area contributed by atoms with Crippen molar-refractivity contribution in [2.75, 3.05) is 0 Å². The predicted molar refractivity (Wildman–Crippen MR) is 59.4 cm³/mol. The van der Waals surface area contributed by atoms with Gasteiger partial charge in [0.2, 0.25) is 0 Å². The first-order valence-corrected chi connectivity index (χ1v) is 4.96. The first-order valence-electron chi connectivity index (χ1n) is 4.17. The van der Waals surface area contributed by atoms with Crippen LogP contribution in [0.2, 0.25) is 0 Å². The summed E-state index contributed by atoms with van der Waals surface area (Å²) in [6.07, 6.45) is 0. The second kappa shape index (κ2) is 5.46. The lowest BCUT2D eigenvalue weighted by atomic mass is 10.2. The van der Waals surface area contributed by atoms with Crippen molar-refractivity contribution in [1.29, 1.82) is 0 Å². The van der Waals surface area contributed by atoms with Crippen LogP contribution in [0, 0.1) is 11.8 Å². The molecule has 1 amide bonds. The van der Waals surface area contributed by atoms with Gasteiger partial charge in [-0.05, 0) is 30.5 Å². The quantitative estimate of drug-likeness (QED) is 0.802. The van der Waals surface area contributed by atoms with Crippen molar-refractivity contribution in [2.45, 2.75) is 13.5 Å². The normalized spacial score (nSPS) is 8.71. The number of amides is 1. The number of benzene rings is 1. The zero-order valence-electron chi connectivity index (χ0n) is 7.80. The van der Waals surface area contributed by atoms with Gasteiger partial charge < -0.3 is 5.32 Å². The van der Waals surface area contributed by atoms with Gasteiger partial charge in [-0.3, -0.25) is 4.79 Å². The molecule has 0 aromatic heterocycles. The summed E-state index contributed by atoms with van der Waals surface area (Å²) in [7, 11) is 0. The fraction of sp³-hybridized carbons (Fsp3) is 0.182. The van der Waals surface area contributed by atoms with Crippen molar-refractivity contribution in [3.05, 3.63) is 34.3 Å². The predicted octanol–water partition coefficient (Wildman–Crippen LogP) is 2.09. The highest BCUT2D eigenvalue weighted by molar-refractivity contribution is 9.10. The van der Waals surface area contributed by atoms with Crippen LogP contribution in [-0.4, -0.2) is 5.91 Å². The van der Waals surface area contributed by atoms with Gasteiger partial charge in [0, 0.05) is 11.0 Å². The standard InChI is InChI=1S/C11H10BrNO/c1-2-3-11(14)13-8-9-4-6-10(12)7-5-9/h4-7H,8H2,1H3,(H,13,14). The molecule has 0 radical (unpaired) electrons. The molecule has 1 aromatic carbocycles. The van der Waals surface area contributed by atoms with Gasteiger partial charge in [0.05, 0.1) is 0 Å². The summed E-state index contributed by atoms with van der Waals surface area (Å²) in [6.45, 7) is 2.15. The minimum absolute atomic E-state index is 0.240. The number of carbonyl (C=O) groups is 1. The molecular weight excluding hydrogens is 242 g/mol. The molecule has 0 heterocycles. The fourth-order valence-corrected chi connectivity index (χ4v) is 1.21. The Morgan fingerprint density at radius 1 is 1.43 bits per heavy atom. The van der Waals surface area contributed by atoms with Crippen LogP contribution in [0.15, 0.2) is 28.7 Å². The van der Waals surface area contributed by atoms with E-state index in [4.69, 9.17) is 0 Å². The molecule has 3 heteroatoms. The molecule has 0 aliphatic rings. The summed E-state index contributed by atoms with van der Waals surface area (Å²) < 4.78 is 1.03. The zero-order valence-corrected chi connectivity index (χ0v) is 9.39. The molecule has 0 fully saturated rings. The monoisotopic (exact) mass is 251 g/mol. The third-order valence-corrected chi connectivity index (χ3v) is 2.13. The molecule has 72 valence electrons. The first kappa shape index (κ1) is 10.8. The molecule has 14 heavy (non-hydrogen) atoms. The summed E-state index contributed by atoms with van der Waals surface area (Å²) in [4.78, 5) is 11.0. The number of hydrogen-bond donors (Lipinski definition) is 1. The molecule has 0 aliphatic heterocycles. The third kappa shape index (κ3) is 3.63. The highest BCUT2D eigenvalue weighted by atomic mass is 79.9. The maximum absolute atomic E-state index is 11.0. The number of rotatable bonds is 2. The summed E-state index contributed by atoms with van der Waals surface area (Å²) in [5.74, 6) is 4.72. The molecule has 0 atom stereocenters. The zero-order chi connectivity index (χ0) is 10.4. The van der Waals surface area contributed by atoms with E-state index in [0.717, 1.165) is 10.0 Å².